The maximum Gasteiger partial charge on any atom is 0.252 e. The van der Waals surface area contributed by atoms with Crippen LogP contribution in [0.4, 0.5) is 0 Å². The van der Waals surface area contributed by atoms with Crippen molar-refractivity contribution in [1.82, 2.24) is 10.6 Å². The highest BCUT2D eigenvalue weighted by Crippen LogP contribution is 2.18. The molecule has 110 valence electrons. The minimum Gasteiger partial charge on any atom is -0.354 e. The Morgan fingerprint density at radius 3 is 2.57 bits per heavy atom. The summed E-state index contributed by atoms with van der Waals surface area (Å²) in [5, 5.41) is 7.41. The number of amides is 2. The standard InChI is InChI=1S/C17H20N2O2/c1-3-11-18-16(20)12(2)19-17(21)15-10-6-8-13-7-4-5-9-14(13)15/h4-10,12H,3,11H2,1-2H3,(H,18,20)(H,19,21). The molecule has 0 fully saturated rings. The summed E-state index contributed by atoms with van der Waals surface area (Å²) in [5.74, 6) is -0.392. The fraction of sp³-hybridized carbons (Fsp3) is 0.294. The first kappa shape index (κ1) is 15.0. The van der Waals surface area contributed by atoms with Crippen molar-refractivity contribution in [2.24, 2.45) is 0 Å². The second-order valence-corrected chi connectivity index (χ2v) is 5.01. The van der Waals surface area contributed by atoms with Gasteiger partial charge in [-0.15, -0.1) is 0 Å². The van der Waals surface area contributed by atoms with E-state index in [1.165, 1.54) is 0 Å². The van der Waals surface area contributed by atoms with Crippen LogP contribution in [-0.2, 0) is 4.79 Å². The van der Waals surface area contributed by atoms with Crippen LogP contribution in [-0.4, -0.2) is 24.4 Å². The summed E-state index contributed by atoms with van der Waals surface area (Å²) in [6.45, 7) is 4.29. The largest absolute Gasteiger partial charge is 0.354 e. The summed E-state index contributed by atoms with van der Waals surface area (Å²) in [6.07, 6.45) is 0.871. The van der Waals surface area contributed by atoms with Gasteiger partial charge in [-0.2, -0.15) is 0 Å². The van der Waals surface area contributed by atoms with E-state index in [9.17, 15) is 9.59 Å². The van der Waals surface area contributed by atoms with E-state index in [1.54, 1.807) is 13.0 Å². The monoisotopic (exact) mass is 284 g/mol. The zero-order chi connectivity index (χ0) is 15.2. The van der Waals surface area contributed by atoms with E-state index in [0.717, 1.165) is 17.2 Å². The molecule has 1 atom stereocenters. The Kier molecular flexibility index (Phi) is 4.93. The van der Waals surface area contributed by atoms with Gasteiger partial charge in [0.25, 0.3) is 5.91 Å². The summed E-state index contributed by atoms with van der Waals surface area (Å²) >= 11 is 0. The summed E-state index contributed by atoms with van der Waals surface area (Å²) in [5.41, 5.74) is 0.586. The fourth-order valence-electron chi connectivity index (χ4n) is 2.16. The topological polar surface area (TPSA) is 58.2 Å². The van der Waals surface area contributed by atoms with Gasteiger partial charge in [0.1, 0.15) is 6.04 Å². The number of hydrogen-bond acceptors (Lipinski definition) is 2. The molecule has 0 aromatic heterocycles. The number of carbonyl (C=O) groups excluding carboxylic acids is 2. The molecule has 0 saturated carbocycles. The van der Waals surface area contributed by atoms with Crippen LogP contribution in [0.1, 0.15) is 30.6 Å². The van der Waals surface area contributed by atoms with E-state index in [1.807, 2.05) is 43.3 Å². The van der Waals surface area contributed by atoms with Crippen molar-refractivity contribution in [3.63, 3.8) is 0 Å². The number of hydrogen-bond donors (Lipinski definition) is 2. The number of carbonyl (C=O) groups is 2. The Bertz CT molecular complexity index is 647. The third-order valence-corrected chi connectivity index (χ3v) is 3.32. The van der Waals surface area contributed by atoms with Crippen molar-refractivity contribution in [1.29, 1.82) is 0 Å². The Balaban J connectivity index is 2.14. The molecule has 0 aliphatic rings. The summed E-state index contributed by atoms with van der Waals surface area (Å²) in [6, 6.07) is 12.7. The van der Waals surface area contributed by atoms with E-state index in [0.29, 0.717) is 12.1 Å². The van der Waals surface area contributed by atoms with Crippen molar-refractivity contribution in [2.45, 2.75) is 26.3 Å². The van der Waals surface area contributed by atoms with Crippen molar-refractivity contribution >= 4 is 22.6 Å². The van der Waals surface area contributed by atoms with Gasteiger partial charge in [0.05, 0.1) is 0 Å². The molecule has 0 radical (unpaired) electrons. The predicted octanol–water partition coefficient (Wildman–Crippen LogP) is 2.48. The lowest BCUT2D eigenvalue weighted by Gasteiger charge is -2.14. The van der Waals surface area contributed by atoms with E-state index >= 15 is 0 Å². The highest BCUT2D eigenvalue weighted by molar-refractivity contribution is 6.08. The molecule has 1 unspecified atom stereocenters. The first-order valence-electron chi connectivity index (χ1n) is 7.19. The third kappa shape index (κ3) is 3.60. The quantitative estimate of drug-likeness (QED) is 0.886. The van der Waals surface area contributed by atoms with Crippen LogP contribution in [0.15, 0.2) is 42.5 Å². The van der Waals surface area contributed by atoms with Gasteiger partial charge in [-0.3, -0.25) is 9.59 Å². The molecule has 2 N–H and O–H groups in total. The Labute approximate surface area is 124 Å². The van der Waals surface area contributed by atoms with E-state index in [2.05, 4.69) is 10.6 Å². The molecule has 4 heteroatoms. The number of rotatable bonds is 5. The van der Waals surface area contributed by atoms with Crippen LogP contribution in [0.25, 0.3) is 10.8 Å². The average Bonchev–Trinajstić information content (AvgIpc) is 2.51. The molecule has 2 amide bonds. The molecule has 2 aromatic carbocycles. The molecule has 0 aliphatic carbocycles. The first-order chi connectivity index (χ1) is 10.1. The minimum atomic E-state index is -0.553. The van der Waals surface area contributed by atoms with Gasteiger partial charge in [-0.25, -0.2) is 0 Å². The fourth-order valence-corrected chi connectivity index (χ4v) is 2.16. The molecular formula is C17H20N2O2. The molecule has 0 saturated heterocycles. The van der Waals surface area contributed by atoms with Gasteiger partial charge in [0.2, 0.25) is 5.91 Å². The Morgan fingerprint density at radius 1 is 1.10 bits per heavy atom. The molecule has 0 spiro atoms. The van der Waals surface area contributed by atoms with Gasteiger partial charge in [0, 0.05) is 12.1 Å². The van der Waals surface area contributed by atoms with Gasteiger partial charge >= 0.3 is 0 Å². The molecule has 4 nitrogen and oxygen atoms in total. The molecule has 0 heterocycles. The van der Waals surface area contributed by atoms with Crippen molar-refractivity contribution in [3.8, 4) is 0 Å². The smallest absolute Gasteiger partial charge is 0.252 e. The van der Waals surface area contributed by atoms with E-state index < -0.39 is 6.04 Å². The van der Waals surface area contributed by atoms with Crippen LogP contribution in [0.5, 0.6) is 0 Å². The Morgan fingerprint density at radius 2 is 1.81 bits per heavy atom. The first-order valence-corrected chi connectivity index (χ1v) is 7.19. The lowest BCUT2D eigenvalue weighted by atomic mass is 10.0. The maximum atomic E-state index is 12.4. The van der Waals surface area contributed by atoms with Crippen molar-refractivity contribution < 1.29 is 9.59 Å². The van der Waals surface area contributed by atoms with Crippen LogP contribution < -0.4 is 10.6 Å². The van der Waals surface area contributed by atoms with Gasteiger partial charge < -0.3 is 10.6 Å². The highest BCUT2D eigenvalue weighted by Gasteiger charge is 2.17. The molecule has 0 bridgehead atoms. The lowest BCUT2D eigenvalue weighted by Crippen LogP contribution is -2.45. The second-order valence-electron chi connectivity index (χ2n) is 5.01. The normalized spacial score (nSPS) is 11.9. The number of benzene rings is 2. The van der Waals surface area contributed by atoms with Gasteiger partial charge in [0.15, 0.2) is 0 Å². The van der Waals surface area contributed by atoms with E-state index in [-0.39, 0.29) is 11.8 Å². The molecular weight excluding hydrogens is 264 g/mol. The highest BCUT2D eigenvalue weighted by atomic mass is 16.2. The zero-order valence-corrected chi connectivity index (χ0v) is 12.3. The van der Waals surface area contributed by atoms with Gasteiger partial charge in [-0.1, -0.05) is 43.3 Å². The minimum absolute atomic E-state index is 0.162. The van der Waals surface area contributed by atoms with Crippen molar-refractivity contribution in [3.05, 3.63) is 48.0 Å². The molecule has 21 heavy (non-hydrogen) atoms. The predicted molar refractivity (Wildman–Crippen MR) is 84.2 cm³/mol. The van der Waals surface area contributed by atoms with Crippen LogP contribution in [0.3, 0.4) is 0 Å². The Hall–Kier alpha value is -2.36. The average molecular weight is 284 g/mol. The molecule has 2 aromatic rings. The number of nitrogens with one attached hydrogen (secondary N) is 2. The van der Waals surface area contributed by atoms with Crippen LogP contribution >= 0.6 is 0 Å². The van der Waals surface area contributed by atoms with Gasteiger partial charge in [-0.05, 0) is 30.2 Å². The molecule has 2 rings (SSSR count). The summed E-state index contributed by atoms with van der Waals surface area (Å²) < 4.78 is 0. The second kappa shape index (κ2) is 6.88. The molecule has 0 aliphatic heterocycles. The van der Waals surface area contributed by atoms with Crippen LogP contribution in [0, 0.1) is 0 Å². The van der Waals surface area contributed by atoms with Crippen LogP contribution in [0.2, 0.25) is 0 Å². The van der Waals surface area contributed by atoms with Crippen molar-refractivity contribution in [2.75, 3.05) is 6.54 Å². The number of fused-ring (bicyclic) bond motifs is 1. The maximum absolute atomic E-state index is 12.4. The lowest BCUT2D eigenvalue weighted by molar-refractivity contribution is -0.122. The summed E-state index contributed by atoms with van der Waals surface area (Å²) in [7, 11) is 0. The zero-order valence-electron chi connectivity index (χ0n) is 12.3. The third-order valence-electron chi connectivity index (χ3n) is 3.32. The van der Waals surface area contributed by atoms with E-state index in [4.69, 9.17) is 0 Å². The SMILES string of the molecule is CCCNC(=O)C(C)NC(=O)c1cccc2ccccc12. The summed E-state index contributed by atoms with van der Waals surface area (Å²) in [4.78, 5) is 24.2.